The lowest BCUT2D eigenvalue weighted by molar-refractivity contribution is -0.308. The fourth-order valence-corrected chi connectivity index (χ4v) is 5.26. The second-order valence-electron chi connectivity index (χ2n) is 9.45. The van der Waals surface area contributed by atoms with Crippen molar-refractivity contribution in [3.8, 4) is 0 Å². The Morgan fingerprint density at radius 2 is 1.59 bits per heavy atom. The Labute approximate surface area is 196 Å². The van der Waals surface area contributed by atoms with E-state index in [2.05, 4.69) is 41.7 Å². The molecule has 192 valence electrons. The van der Waals surface area contributed by atoms with Crippen molar-refractivity contribution in [2.75, 3.05) is 26.2 Å². The summed E-state index contributed by atoms with van der Waals surface area (Å²) in [5.41, 5.74) is 3.97. The number of rotatable bonds is 6. The summed E-state index contributed by atoms with van der Waals surface area (Å²) >= 11 is 0. The number of carbonyl (C=O) groups excluding carboxylic acids is 1. The molecule has 34 heavy (non-hydrogen) atoms. The third-order valence-corrected chi connectivity index (χ3v) is 7.05. The Morgan fingerprint density at radius 3 is 2.15 bits per heavy atom. The van der Waals surface area contributed by atoms with Crippen molar-refractivity contribution in [2.45, 2.75) is 77.4 Å². The normalized spacial score (nSPS) is 19.3. The SMILES string of the molecule is CCCc1cccc(CN2CCC3(CCN(C(=O)OC(C(F)(F)F)C(F)(F)F)CC3)C2)c1CC. The van der Waals surface area contributed by atoms with Gasteiger partial charge >= 0.3 is 18.4 Å². The summed E-state index contributed by atoms with van der Waals surface area (Å²) in [4.78, 5) is 15.4. The van der Waals surface area contributed by atoms with Gasteiger partial charge in [0.1, 0.15) is 0 Å². The van der Waals surface area contributed by atoms with Crippen LogP contribution < -0.4 is 0 Å². The van der Waals surface area contributed by atoms with Gasteiger partial charge in [-0.25, -0.2) is 4.79 Å². The zero-order chi connectivity index (χ0) is 25.1. The van der Waals surface area contributed by atoms with Gasteiger partial charge in [-0.2, -0.15) is 26.3 Å². The van der Waals surface area contributed by atoms with Crippen LogP contribution in [0.15, 0.2) is 18.2 Å². The minimum atomic E-state index is -5.71. The Balaban J connectivity index is 1.58. The molecule has 2 saturated heterocycles. The predicted octanol–water partition coefficient (Wildman–Crippen LogP) is 6.12. The molecule has 2 aliphatic heterocycles. The van der Waals surface area contributed by atoms with Crippen molar-refractivity contribution >= 4 is 6.09 Å². The van der Waals surface area contributed by atoms with Crippen LogP contribution in [0.4, 0.5) is 31.1 Å². The average molecular weight is 495 g/mol. The number of hydrogen-bond acceptors (Lipinski definition) is 3. The number of carbonyl (C=O) groups is 1. The fraction of sp³-hybridized carbons (Fsp3) is 0.708. The Kier molecular flexibility index (Phi) is 8.10. The number of amides is 1. The highest BCUT2D eigenvalue weighted by atomic mass is 19.4. The molecule has 0 radical (unpaired) electrons. The molecule has 10 heteroatoms. The zero-order valence-corrected chi connectivity index (χ0v) is 19.6. The summed E-state index contributed by atoms with van der Waals surface area (Å²) in [5.74, 6) is 0. The van der Waals surface area contributed by atoms with Crippen LogP contribution in [0.1, 0.15) is 56.2 Å². The number of benzene rings is 1. The highest BCUT2D eigenvalue weighted by molar-refractivity contribution is 5.68. The number of likely N-dealkylation sites (tertiary alicyclic amines) is 2. The van der Waals surface area contributed by atoms with Crippen LogP contribution in [0.3, 0.4) is 0 Å². The molecule has 1 aromatic carbocycles. The van der Waals surface area contributed by atoms with Gasteiger partial charge in [-0.05, 0) is 60.8 Å². The van der Waals surface area contributed by atoms with E-state index in [1.54, 1.807) is 0 Å². The molecule has 0 aromatic heterocycles. The monoisotopic (exact) mass is 494 g/mol. The van der Waals surface area contributed by atoms with Gasteiger partial charge in [0.05, 0.1) is 0 Å². The second kappa shape index (κ2) is 10.3. The fourth-order valence-electron chi connectivity index (χ4n) is 5.26. The molecular formula is C24H32F6N2O2. The van der Waals surface area contributed by atoms with Crippen molar-refractivity contribution in [1.29, 1.82) is 0 Å². The minimum Gasteiger partial charge on any atom is -0.426 e. The molecule has 0 bridgehead atoms. The Morgan fingerprint density at radius 1 is 1.00 bits per heavy atom. The molecule has 4 nitrogen and oxygen atoms in total. The van der Waals surface area contributed by atoms with E-state index in [-0.39, 0.29) is 18.5 Å². The van der Waals surface area contributed by atoms with Gasteiger partial charge in [-0.3, -0.25) is 4.90 Å². The lowest BCUT2D eigenvalue weighted by atomic mass is 9.78. The van der Waals surface area contributed by atoms with Gasteiger partial charge in [-0.1, -0.05) is 38.5 Å². The molecule has 0 saturated carbocycles. The quantitative estimate of drug-likeness (QED) is 0.447. The van der Waals surface area contributed by atoms with Crippen molar-refractivity contribution in [3.63, 3.8) is 0 Å². The molecule has 2 aliphatic rings. The first-order valence-corrected chi connectivity index (χ1v) is 11.8. The maximum Gasteiger partial charge on any atom is 0.434 e. The van der Waals surface area contributed by atoms with Crippen LogP contribution in [0.25, 0.3) is 0 Å². The second-order valence-corrected chi connectivity index (χ2v) is 9.45. The van der Waals surface area contributed by atoms with Crippen LogP contribution in [0.2, 0.25) is 0 Å². The standard InChI is InChI=1S/C24H32F6N2O2/c1-3-6-17-7-5-8-18(19(17)4-2)15-31-12-9-22(16-31)10-13-32(14-11-22)21(33)34-20(23(25,26)27)24(28,29)30/h5,7-8,20H,3-4,6,9-16H2,1-2H3. The topological polar surface area (TPSA) is 32.8 Å². The minimum absolute atomic E-state index is 0.0846. The molecule has 0 atom stereocenters. The number of halogens is 6. The molecule has 0 N–H and O–H groups in total. The summed E-state index contributed by atoms with van der Waals surface area (Å²) in [6.07, 6.45) is -12.1. The highest BCUT2D eigenvalue weighted by Crippen LogP contribution is 2.42. The summed E-state index contributed by atoms with van der Waals surface area (Å²) in [5, 5.41) is 0. The van der Waals surface area contributed by atoms with E-state index in [0.717, 1.165) is 50.2 Å². The number of aryl methyl sites for hydroxylation is 1. The van der Waals surface area contributed by atoms with E-state index in [1.165, 1.54) is 16.7 Å². The zero-order valence-electron chi connectivity index (χ0n) is 19.6. The van der Waals surface area contributed by atoms with E-state index in [0.29, 0.717) is 12.8 Å². The summed E-state index contributed by atoms with van der Waals surface area (Å²) in [6.45, 7) is 6.96. The molecule has 1 aromatic rings. The van der Waals surface area contributed by atoms with E-state index < -0.39 is 24.5 Å². The summed E-state index contributed by atoms with van der Waals surface area (Å²) in [7, 11) is 0. The highest BCUT2D eigenvalue weighted by Gasteiger charge is 2.60. The maximum atomic E-state index is 12.7. The van der Waals surface area contributed by atoms with E-state index >= 15 is 0 Å². The van der Waals surface area contributed by atoms with Gasteiger partial charge in [0.15, 0.2) is 0 Å². The van der Waals surface area contributed by atoms with Crippen LogP contribution in [0.5, 0.6) is 0 Å². The van der Waals surface area contributed by atoms with Crippen molar-refractivity contribution in [3.05, 3.63) is 34.9 Å². The lowest BCUT2D eigenvalue weighted by Crippen LogP contribution is -2.50. The first kappa shape index (κ1) is 26.6. The summed E-state index contributed by atoms with van der Waals surface area (Å²) < 4.78 is 80.1. The number of alkyl halides is 6. The smallest absolute Gasteiger partial charge is 0.426 e. The Bertz CT molecular complexity index is 833. The number of ether oxygens (including phenoxy) is 1. The Hall–Kier alpha value is -1.97. The molecular weight excluding hydrogens is 462 g/mol. The van der Waals surface area contributed by atoms with Crippen LogP contribution in [-0.2, 0) is 24.1 Å². The van der Waals surface area contributed by atoms with Gasteiger partial charge in [0.25, 0.3) is 6.10 Å². The van der Waals surface area contributed by atoms with E-state index in [4.69, 9.17) is 0 Å². The third-order valence-electron chi connectivity index (χ3n) is 7.05. The lowest BCUT2D eigenvalue weighted by Gasteiger charge is -2.39. The van der Waals surface area contributed by atoms with E-state index in [1.807, 2.05) is 0 Å². The molecule has 3 rings (SSSR count). The summed E-state index contributed by atoms with van der Waals surface area (Å²) in [6, 6.07) is 6.41. The molecule has 2 heterocycles. The van der Waals surface area contributed by atoms with Gasteiger partial charge < -0.3 is 9.64 Å². The van der Waals surface area contributed by atoms with Crippen molar-refractivity contribution < 1.29 is 35.9 Å². The van der Waals surface area contributed by atoms with Gasteiger partial charge in [0, 0.05) is 26.2 Å². The average Bonchev–Trinajstić information content (AvgIpc) is 3.13. The van der Waals surface area contributed by atoms with Gasteiger partial charge in [0.2, 0.25) is 0 Å². The van der Waals surface area contributed by atoms with Gasteiger partial charge in [-0.15, -0.1) is 0 Å². The van der Waals surface area contributed by atoms with Crippen molar-refractivity contribution in [2.24, 2.45) is 5.41 Å². The molecule has 1 amide bonds. The molecule has 0 aliphatic carbocycles. The predicted molar refractivity (Wildman–Crippen MR) is 115 cm³/mol. The van der Waals surface area contributed by atoms with Crippen LogP contribution in [0, 0.1) is 5.41 Å². The first-order valence-electron chi connectivity index (χ1n) is 11.8. The molecule has 1 spiro atoms. The third kappa shape index (κ3) is 6.17. The van der Waals surface area contributed by atoms with Crippen molar-refractivity contribution in [1.82, 2.24) is 9.80 Å². The number of piperidine rings is 1. The molecule has 2 fully saturated rings. The maximum absolute atomic E-state index is 12.7. The molecule has 0 unspecified atom stereocenters. The largest absolute Gasteiger partial charge is 0.434 e. The first-order chi connectivity index (χ1) is 15.9. The number of nitrogens with zero attached hydrogens (tertiary/aromatic N) is 2. The number of hydrogen-bond donors (Lipinski definition) is 0. The van der Waals surface area contributed by atoms with E-state index in [9.17, 15) is 31.1 Å². The van der Waals surface area contributed by atoms with Crippen LogP contribution in [-0.4, -0.2) is 60.5 Å². The van der Waals surface area contributed by atoms with Crippen LogP contribution >= 0.6 is 0 Å².